The molecule has 26 heavy (non-hydrogen) atoms. The van der Waals surface area contributed by atoms with Crippen LogP contribution in [0.4, 0.5) is 10.1 Å². The third kappa shape index (κ3) is 2.60. The van der Waals surface area contributed by atoms with Gasteiger partial charge in [-0.1, -0.05) is 0 Å². The zero-order valence-electron chi connectivity index (χ0n) is 13.8. The van der Waals surface area contributed by atoms with Crippen LogP contribution in [0.2, 0.25) is 0 Å². The second kappa shape index (κ2) is 5.80. The molecule has 0 saturated carbocycles. The lowest BCUT2D eigenvalue weighted by molar-refractivity contribution is 0.102. The summed E-state index contributed by atoms with van der Waals surface area (Å²) in [5.74, 6) is -1.37. The number of benzene rings is 1. The van der Waals surface area contributed by atoms with Crippen molar-refractivity contribution in [2.45, 2.75) is 6.92 Å². The fraction of sp³-hybridized carbons (Fsp3) is 0.118. The molecule has 0 atom stereocenters. The molecule has 0 spiro atoms. The number of carbonyl (C=O) groups is 1. The van der Waals surface area contributed by atoms with E-state index in [1.807, 2.05) is 0 Å². The first-order valence-corrected chi connectivity index (χ1v) is 8.44. The Labute approximate surface area is 155 Å². The van der Waals surface area contributed by atoms with Gasteiger partial charge in [-0.3, -0.25) is 9.48 Å². The first-order valence-electron chi connectivity index (χ1n) is 7.64. The minimum absolute atomic E-state index is 0.0196. The lowest BCUT2D eigenvalue weighted by Crippen LogP contribution is -2.14. The number of hydrogen-bond acceptors (Lipinski definition) is 4. The molecular formula is C17H13BrFN5O2. The number of aromatic hydroxyl groups is 1. The number of anilines is 1. The van der Waals surface area contributed by atoms with Crippen LogP contribution in [0.1, 0.15) is 16.1 Å². The number of aromatic nitrogens is 4. The number of nitrogens with zero attached hydrogens (tertiary/aromatic N) is 4. The molecule has 0 saturated heterocycles. The van der Waals surface area contributed by atoms with E-state index in [0.29, 0.717) is 21.1 Å². The number of hydrogen-bond donors (Lipinski definition) is 2. The van der Waals surface area contributed by atoms with Crippen LogP contribution in [0.5, 0.6) is 5.75 Å². The van der Waals surface area contributed by atoms with Gasteiger partial charge in [0.05, 0.1) is 11.4 Å². The highest BCUT2D eigenvalue weighted by molar-refractivity contribution is 9.10. The van der Waals surface area contributed by atoms with Crippen LogP contribution in [0.3, 0.4) is 0 Å². The molecule has 1 aromatic carbocycles. The molecule has 4 aromatic rings. The van der Waals surface area contributed by atoms with Gasteiger partial charge in [-0.25, -0.2) is 9.37 Å². The smallest absolute Gasteiger partial charge is 0.261 e. The Kier molecular flexibility index (Phi) is 3.69. The molecule has 3 heterocycles. The molecule has 132 valence electrons. The molecule has 2 N–H and O–H groups in total. The Balaban J connectivity index is 1.78. The highest BCUT2D eigenvalue weighted by Crippen LogP contribution is 2.33. The Morgan fingerprint density at radius 1 is 1.31 bits per heavy atom. The highest BCUT2D eigenvalue weighted by Gasteiger charge is 2.21. The minimum Gasteiger partial charge on any atom is -0.507 e. The van der Waals surface area contributed by atoms with Crippen molar-refractivity contribution < 1.29 is 14.3 Å². The Bertz CT molecular complexity index is 1200. The normalized spacial score (nSPS) is 11.4. The summed E-state index contributed by atoms with van der Waals surface area (Å²) in [7, 11) is 1.72. The van der Waals surface area contributed by atoms with Gasteiger partial charge in [-0.05, 0) is 28.9 Å². The van der Waals surface area contributed by atoms with Crippen LogP contribution in [0.25, 0.3) is 16.6 Å². The van der Waals surface area contributed by atoms with Crippen LogP contribution in [0, 0.1) is 12.7 Å². The number of rotatable bonds is 2. The van der Waals surface area contributed by atoms with Gasteiger partial charge in [-0.15, -0.1) is 0 Å². The van der Waals surface area contributed by atoms with E-state index in [2.05, 4.69) is 31.3 Å². The van der Waals surface area contributed by atoms with Crippen LogP contribution in [-0.2, 0) is 7.05 Å². The molecule has 7 nitrogen and oxygen atoms in total. The second-order valence-corrected chi connectivity index (χ2v) is 6.82. The largest absolute Gasteiger partial charge is 0.507 e. The first kappa shape index (κ1) is 16.5. The maximum absolute atomic E-state index is 14.2. The lowest BCUT2D eigenvalue weighted by atomic mass is 10.1. The molecule has 0 unspecified atom stereocenters. The first-order chi connectivity index (χ1) is 12.3. The van der Waals surface area contributed by atoms with Crippen molar-refractivity contribution in [2.75, 3.05) is 5.32 Å². The van der Waals surface area contributed by atoms with Gasteiger partial charge < -0.3 is 14.8 Å². The van der Waals surface area contributed by atoms with Crippen LogP contribution in [-0.4, -0.2) is 30.2 Å². The summed E-state index contributed by atoms with van der Waals surface area (Å²) in [6, 6.07) is 2.62. The van der Waals surface area contributed by atoms with E-state index in [0.717, 1.165) is 0 Å². The van der Waals surface area contributed by atoms with Crippen molar-refractivity contribution in [1.29, 1.82) is 0 Å². The maximum Gasteiger partial charge on any atom is 0.261 e. The number of amides is 1. The van der Waals surface area contributed by atoms with E-state index in [-0.39, 0.29) is 22.6 Å². The Hall–Kier alpha value is -2.94. The van der Waals surface area contributed by atoms with Gasteiger partial charge >= 0.3 is 0 Å². The van der Waals surface area contributed by atoms with Gasteiger partial charge in [0.1, 0.15) is 16.8 Å². The molecule has 3 aromatic heterocycles. The molecule has 0 radical (unpaired) electrons. The zero-order valence-corrected chi connectivity index (χ0v) is 15.4. The minimum atomic E-state index is -0.589. The molecule has 0 aliphatic heterocycles. The fourth-order valence-corrected chi connectivity index (χ4v) is 3.41. The number of fused-ring (bicyclic) bond motifs is 2. The number of halogens is 2. The van der Waals surface area contributed by atoms with Crippen molar-refractivity contribution >= 4 is 44.1 Å². The lowest BCUT2D eigenvalue weighted by Gasteiger charge is -2.09. The summed E-state index contributed by atoms with van der Waals surface area (Å²) in [5.41, 5.74) is 1.44. The van der Waals surface area contributed by atoms with Gasteiger partial charge in [0.15, 0.2) is 11.5 Å². The topological polar surface area (TPSA) is 84.5 Å². The SMILES string of the molecule is Cc1cn2cc(NC(=O)c3c(O)cc(Br)c4cn(C)nc34)cc(F)c2n1. The van der Waals surface area contributed by atoms with E-state index in [4.69, 9.17) is 0 Å². The number of imidazole rings is 1. The average molecular weight is 418 g/mol. The summed E-state index contributed by atoms with van der Waals surface area (Å²) >= 11 is 3.35. The summed E-state index contributed by atoms with van der Waals surface area (Å²) in [4.78, 5) is 16.8. The summed E-state index contributed by atoms with van der Waals surface area (Å²) in [5, 5.41) is 17.8. The maximum atomic E-state index is 14.2. The molecule has 0 bridgehead atoms. The molecule has 0 aliphatic rings. The predicted molar refractivity (Wildman–Crippen MR) is 97.9 cm³/mol. The van der Waals surface area contributed by atoms with Gasteiger partial charge in [0.2, 0.25) is 0 Å². The molecular weight excluding hydrogens is 405 g/mol. The average Bonchev–Trinajstić information content (AvgIpc) is 3.09. The number of carbonyl (C=O) groups excluding carboxylic acids is 1. The summed E-state index contributed by atoms with van der Waals surface area (Å²) < 4.78 is 17.9. The Morgan fingerprint density at radius 3 is 2.85 bits per heavy atom. The number of nitrogens with one attached hydrogen (secondary N) is 1. The van der Waals surface area contributed by atoms with E-state index in [1.54, 1.807) is 37.2 Å². The van der Waals surface area contributed by atoms with Gasteiger partial charge in [-0.2, -0.15) is 5.10 Å². The third-order valence-corrected chi connectivity index (χ3v) is 4.61. The fourth-order valence-electron chi connectivity index (χ4n) is 2.90. The zero-order chi connectivity index (χ0) is 18.6. The third-order valence-electron chi connectivity index (χ3n) is 3.95. The van der Waals surface area contributed by atoms with Crippen molar-refractivity contribution in [3.05, 3.63) is 52.3 Å². The summed E-state index contributed by atoms with van der Waals surface area (Å²) in [6.45, 7) is 1.75. The molecule has 4 rings (SSSR count). The van der Waals surface area contributed by atoms with Crippen LogP contribution in [0.15, 0.2) is 35.2 Å². The van der Waals surface area contributed by atoms with Crippen molar-refractivity contribution in [3.8, 4) is 5.75 Å². The number of pyridine rings is 1. The summed E-state index contributed by atoms with van der Waals surface area (Å²) in [6.07, 6.45) is 4.94. The van der Waals surface area contributed by atoms with Crippen LogP contribution >= 0.6 is 15.9 Å². The number of phenols is 1. The van der Waals surface area contributed by atoms with Gasteiger partial charge in [0, 0.05) is 41.6 Å². The van der Waals surface area contributed by atoms with Crippen molar-refractivity contribution in [2.24, 2.45) is 7.05 Å². The van der Waals surface area contributed by atoms with Gasteiger partial charge in [0.25, 0.3) is 5.91 Å². The van der Waals surface area contributed by atoms with Crippen molar-refractivity contribution in [3.63, 3.8) is 0 Å². The monoisotopic (exact) mass is 417 g/mol. The predicted octanol–water partition coefficient (Wildman–Crippen LogP) is 3.39. The molecule has 0 fully saturated rings. The van der Waals surface area contributed by atoms with E-state index in [1.165, 1.54) is 16.5 Å². The van der Waals surface area contributed by atoms with E-state index in [9.17, 15) is 14.3 Å². The van der Waals surface area contributed by atoms with E-state index < -0.39 is 11.7 Å². The van der Waals surface area contributed by atoms with Crippen LogP contribution < -0.4 is 5.32 Å². The quantitative estimate of drug-likeness (QED) is 0.523. The molecule has 1 amide bonds. The highest BCUT2D eigenvalue weighted by atomic mass is 79.9. The Morgan fingerprint density at radius 2 is 2.08 bits per heavy atom. The molecule has 0 aliphatic carbocycles. The number of aryl methyl sites for hydroxylation is 2. The van der Waals surface area contributed by atoms with Crippen molar-refractivity contribution in [1.82, 2.24) is 19.2 Å². The van der Waals surface area contributed by atoms with E-state index >= 15 is 0 Å². The second-order valence-electron chi connectivity index (χ2n) is 5.96. The number of phenolic OH excluding ortho intramolecular Hbond substituents is 1. The molecule has 9 heteroatoms. The standard InChI is InChI=1S/C17H13BrFN5O2/c1-8-5-24-6-9(3-12(19)16(24)20-8)21-17(26)14-13(25)4-11(18)10-7-23(2)22-15(10)14/h3-7,25H,1-2H3,(H,21,26).